The van der Waals surface area contributed by atoms with Crippen LogP contribution >= 0.6 is 0 Å². The van der Waals surface area contributed by atoms with Crippen LogP contribution in [0.2, 0.25) is 0 Å². The van der Waals surface area contributed by atoms with E-state index in [1.165, 1.54) is 0 Å². The summed E-state index contributed by atoms with van der Waals surface area (Å²) in [6.07, 6.45) is 0.354. The van der Waals surface area contributed by atoms with Gasteiger partial charge in [0.2, 0.25) is 5.91 Å². The molecule has 0 atom stereocenters. The zero-order chi connectivity index (χ0) is 16.2. The summed E-state index contributed by atoms with van der Waals surface area (Å²) < 4.78 is 0. The largest absolute Gasteiger partial charge is 0.336 e. The fourth-order valence-corrected chi connectivity index (χ4v) is 2.89. The molecule has 0 radical (unpaired) electrons. The van der Waals surface area contributed by atoms with Crippen molar-refractivity contribution >= 4 is 17.5 Å². The standard InChI is InChI=1S/C19H20N2O2/c1-15-7-5-6-10-17(15)19(23)20-12-11-18(22)21(14-13-20)16-8-3-2-4-9-16/h2-10H,11-14H2,1H3. The van der Waals surface area contributed by atoms with Crippen molar-refractivity contribution in [2.45, 2.75) is 13.3 Å². The van der Waals surface area contributed by atoms with Crippen molar-refractivity contribution in [3.8, 4) is 0 Å². The van der Waals surface area contributed by atoms with Crippen molar-refractivity contribution in [2.24, 2.45) is 0 Å². The summed E-state index contributed by atoms with van der Waals surface area (Å²) in [5.74, 6) is 0.0714. The Balaban J connectivity index is 1.77. The number of aryl methyl sites for hydroxylation is 1. The first-order valence-corrected chi connectivity index (χ1v) is 7.87. The summed E-state index contributed by atoms with van der Waals surface area (Å²) in [4.78, 5) is 28.6. The van der Waals surface area contributed by atoms with Crippen LogP contribution in [0.4, 0.5) is 5.69 Å². The predicted octanol–water partition coefficient (Wildman–Crippen LogP) is 2.87. The van der Waals surface area contributed by atoms with E-state index in [1.54, 1.807) is 9.80 Å². The molecule has 2 aromatic carbocycles. The molecular weight excluding hydrogens is 288 g/mol. The Labute approximate surface area is 136 Å². The average molecular weight is 308 g/mol. The van der Waals surface area contributed by atoms with Crippen molar-refractivity contribution in [3.05, 3.63) is 65.7 Å². The minimum absolute atomic E-state index is 0.00538. The summed E-state index contributed by atoms with van der Waals surface area (Å²) in [7, 11) is 0. The lowest BCUT2D eigenvalue weighted by atomic mass is 10.1. The molecule has 1 aliphatic rings. The molecule has 1 fully saturated rings. The van der Waals surface area contributed by atoms with Gasteiger partial charge in [-0.2, -0.15) is 0 Å². The Morgan fingerprint density at radius 2 is 1.61 bits per heavy atom. The minimum Gasteiger partial charge on any atom is -0.336 e. The fourth-order valence-electron chi connectivity index (χ4n) is 2.89. The molecule has 2 amide bonds. The normalized spacial score (nSPS) is 15.4. The smallest absolute Gasteiger partial charge is 0.254 e. The molecule has 1 aliphatic heterocycles. The molecule has 0 bridgehead atoms. The maximum Gasteiger partial charge on any atom is 0.254 e. The molecule has 0 saturated carbocycles. The van der Waals surface area contributed by atoms with Crippen LogP contribution in [0.1, 0.15) is 22.3 Å². The number of rotatable bonds is 2. The van der Waals surface area contributed by atoms with E-state index in [1.807, 2.05) is 61.5 Å². The molecule has 0 aromatic heterocycles. The number of carbonyl (C=O) groups excluding carboxylic acids is 2. The fraction of sp³-hybridized carbons (Fsp3) is 0.263. The molecule has 0 unspecified atom stereocenters. The lowest BCUT2D eigenvalue weighted by molar-refractivity contribution is -0.118. The van der Waals surface area contributed by atoms with Gasteiger partial charge in [-0.3, -0.25) is 9.59 Å². The van der Waals surface area contributed by atoms with Crippen LogP contribution in [0.3, 0.4) is 0 Å². The zero-order valence-electron chi connectivity index (χ0n) is 13.2. The predicted molar refractivity (Wildman–Crippen MR) is 90.5 cm³/mol. The van der Waals surface area contributed by atoms with Crippen LogP contribution in [-0.4, -0.2) is 36.3 Å². The summed E-state index contributed by atoms with van der Waals surface area (Å²) >= 11 is 0. The molecule has 23 heavy (non-hydrogen) atoms. The van der Waals surface area contributed by atoms with Gasteiger partial charge in [-0.1, -0.05) is 36.4 Å². The summed E-state index contributed by atoms with van der Waals surface area (Å²) in [5, 5.41) is 0. The Morgan fingerprint density at radius 3 is 2.35 bits per heavy atom. The van der Waals surface area contributed by atoms with E-state index in [4.69, 9.17) is 0 Å². The van der Waals surface area contributed by atoms with Gasteiger partial charge in [0, 0.05) is 37.3 Å². The molecule has 118 valence electrons. The van der Waals surface area contributed by atoms with Crippen LogP contribution < -0.4 is 4.90 Å². The molecule has 0 aliphatic carbocycles. The van der Waals surface area contributed by atoms with E-state index >= 15 is 0 Å². The van der Waals surface area contributed by atoms with Crippen LogP contribution in [0, 0.1) is 6.92 Å². The summed E-state index contributed by atoms with van der Waals surface area (Å²) in [6, 6.07) is 17.2. The third-order valence-electron chi connectivity index (χ3n) is 4.22. The first-order valence-electron chi connectivity index (χ1n) is 7.87. The maximum atomic E-state index is 12.7. The van der Waals surface area contributed by atoms with Gasteiger partial charge in [0.15, 0.2) is 0 Å². The van der Waals surface area contributed by atoms with Crippen molar-refractivity contribution in [1.82, 2.24) is 4.90 Å². The zero-order valence-corrected chi connectivity index (χ0v) is 13.2. The van der Waals surface area contributed by atoms with Gasteiger partial charge >= 0.3 is 0 Å². The Hall–Kier alpha value is -2.62. The van der Waals surface area contributed by atoms with Crippen molar-refractivity contribution < 1.29 is 9.59 Å². The van der Waals surface area contributed by atoms with E-state index in [0.717, 1.165) is 11.3 Å². The number of hydrogen-bond donors (Lipinski definition) is 0. The number of carbonyl (C=O) groups is 2. The van der Waals surface area contributed by atoms with E-state index in [2.05, 4.69) is 0 Å². The lowest BCUT2D eigenvalue weighted by Gasteiger charge is -2.23. The van der Waals surface area contributed by atoms with E-state index in [0.29, 0.717) is 31.6 Å². The van der Waals surface area contributed by atoms with Crippen molar-refractivity contribution in [1.29, 1.82) is 0 Å². The second-order valence-corrected chi connectivity index (χ2v) is 5.74. The number of amides is 2. The highest BCUT2D eigenvalue weighted by Crippen LogP contribution is 2.18. The molecule has 2 aromatic rings. The molecule has 3 rings (SSSR count). The van der Waals surface area contributed by atoms with Gasteiger partial charge in [-0.05, 0) is 30.7 Å². The quantitative estimate of drug-likeness (QED) is 0.856. The first kappa shape index (κ1) is 15.3. The molecule has 1 saturated heterocycles. The van der Waals surface area contributed by atoms with Crippen molar-refractivity contribution in [2.75, 3.05) is 24.5 Å². The minimum atomic E-state index is 0.00538. The molecule has 1 heterocycles. The highest BCUT2D eigenvalue weighted by atomic mass is 16.2. The SMILES string of the molecule is Cc1ccccc1C(=O)N1CCC(=O)N(c2ccccc2)CC1. The second-order valence-electron chi connectivity index (χ2n) is 5.74. The Morgan fingerprint density at radius 1 is 0.913 bits per heavy atom. The Bertz CT molecular complexity index is 712. The molecule has 4 nitrogen and oxygen atoms in total. The van der Waals surface area contributed by atoms with E-state index in [9.17, 15) is 9.59 Å². The summed E-state index contributed by atoms with van der Waals surface area (Å²) in [5.41, 5.74) is 2.57. The maximum absolute atomic E-state index is 12.7. The van der Waals surface area contributed by atoms with Gasteiger partial charge < -0.3 is 9.80 Å². The molecule has 4 heteroatoms. The summed E-state index contributed by atoms with van der Waals surface area (Å²) in [6.45, 7) is 3.48. The number of anilines is 1. The van der Waals surface area contributed by atoms with Crippen LogP contribution in [-0.2, 0) is 4.79 Å². The number of hydrogen-bond acceptors (Lipinski definition) is 2. The molecular formula is C19H20N2O2. The number of para-hydroxylation sites is 1. The molecule has 0 N–H and O–H groups in total. The van der Waals surface area contributed by atoms with Crippen LogP contribution in [0.5, 0.6) is 0 Å². The highest BCUT2D eigenvalue weighted by molar-refractivity contribution is 5.98. The average Bonchev–Trinajstić information content (AvgIpc) is 2.77. The van der Waals surface area contributed by atoms with Crippen LogP contribution in [0.25, 0.3) is 0 Å². The number of benzene rings is 2. The van der Waals surface area contributed by atoms with E-state index < -0.39 is 0 Å². The lowest BCUT2D eigenvalue weighted by Crippen LogP contribution is -2.36. The third kappa shape index (κ3) is 3.26. The highest BCUT2D eigenvalue weighted by Gasteiger charge is 2.25. The number of nitrogens with zero attached hydrogens (tertiary/aromatic N) is 2. The van der Waals surface area contributed by atoms with Gasteiger partial charge in [0.25, 0.3) is 5.91 Å². The van der Waals surface area contributed by atoms with Gasteiger partial charge in [0.1, 0.15) is 0 Å². The third-order valence-corrected chi connectivity index (χ3v) is 4.22. The second kappa shape index (κ2) is 6.65. The Kier molecular flexibility index (Phi) is 4.42. The van der Waals surface area contributed by atoms with Gasteiger partial charge in [-0.15, -0.1) is 0 Å². The molecule has 0 spiro atoms. The monoisotopic (exact) mass is 308 g/mol. The first-order chi connectivity index (χ1) is 11.2. The van der Waals surface area contributed by atoms with Gasteiger partial charge in [-0.25, -0.2) is 0 Å². The van der Waals surface area contributed by atoms with Crippen molar-refractivity contribution in [3.63, 3.8) is 0 Å². The van der Waals surface area contributed by atoms with E-state index in [-0.39, 0.29) is 11.8 Å². The van der Waals surface area contributed by atoms with Crippen LogP contribution in [0.15, 0.2) is 54.6 Å². The topological polar surface area (TPSA) is 40.6 Å². The van der Waals surface area contributed by atoms with Gasteiger partial charge in [0.05, 0.1) is 0 Å².